The summed E-state index contributed by atoms with van der Waals surface area (Å²) in [6.45, 7) is 0.488. The first-order chi connectivity index (χ1) is 5.81. The Kier molecular flexibility index (Phi) is 1.48. The van der Waals surface area contributed by atoms with E-state index in [-0.39, 0.29) is 0 Å². The van der Waals surface area contributed by atoms with E-state index < -0.39 is 0 Å². The van der Waals surface area contributed by atoms with Gasteiger partial charge in [0.1, 0.15) is 0 Å². The van der Waals surface area contributed by atoms with Gasteiger partial charge in [-0.3, -0.25) is 0 Å². The third kappa shape index (κ3) is 0.931. The lowest BCUT2D eigenvalue weighted by molar-refractivity contribution is 1.08. The lowest BCUT2D eigenvalue weighted by Crippen LogP contribution is -1.96. The second kappa shape index (κ2) is 2.49. The Morgan fingerprint density at radius 1 is 1.42 bits per heavy atom. The molecule has 5 N–H and O–H groups in total. The molecule has 0 saturated heterocycles. The quantitative estimate of drug-likeness (QED) is 0.574. The monoisotopic (exact) mass is 162 g/mol. The summed E-state index contributed by atoms with van der Waals surface area (Å²) in [5.74, 6) is 0.436. The van der Waals surface area contributed by atoms with Gasteiger partial charge in [0.05, 0.1) is 11.0 Å². The highest BCUT2D eigenvalue weighted by molar-refractivity contribution is 5.80. The zero-order valence-corrected chi connectivity index (χ0v) is 6.54. The zero-order valence-electron chi connectivity index (χ0n) is 6.54. The maximum Gasteiger partial charge on any atom is 0.198 e. The Labute approximate surface area is 69.6 Å². The summed E-state index contributed by atoms with van der Waals surface area (Å²) in [5.41, 5.74) is 13.9. The van der Waals surface area contributed by atoms with Crippen molar-refractivity contribution in [2.45, 2.75) is 6.54 Å². The summed E-state index contributed by atoms with van der Waals surface area (Å²) in [4.78, 5) is 7.07. The molecule has 62 valence electrons. The number of para-hydroxylation sites is 1. The van der Waals surface area contributed by atoms with Gasteiger partial charge in [-0.15, -0.1) is 0 Å². The smallest absolute Gasteiger partial charge is 0.198 e. The van der Waals surface area contributed by atoms with E-state index in [2.05, 4.69) is 9.97 Å². The van der Waals surface area contributed by atoms with Crippen molar-refractivity contribution in [3.8, 4) is 0 Å². The van der Waals surface area contributed by atoms with E-state index in [0.717, 1.165) is 16.6 Å². The van der Waals surface area contributed by atoms with E-state index in [0.29, 0.717) is 12.5 Å². The summed E-state index contributed by atoms with van der Waals surface area (Å²) in [6.07, 6.45) is 0. The maximum atomic E-state index is 5.53. The van der Waals surface area contributed by atoms with Crippen LogP contribution in [0.3, 0.4) is 0 Å². The molecule has 0 bridgehead atoms. The minimum absolute atomic E-state index is 0.436. The number of nitrogens with two attached hydrogens (primary N) is 2. The number of nitrogen functional groups attached to an aromatic ring is 1. The second-order valence-electron chi connectivity index (χ2n) is 2.64. The van der Waals surface area contributed by atoms with E-state index in [1.165, 1.54) is 0 Å². The fraction of sp³-hybridized carbons (Fsp3) is 0.125. The molecule has 12 heavy (non-hydrogen) atoms. The van der Waals surface area contributed by atoms with Crippen molar-refractivity contribution >= 4 is 17.0 Å². The van der Waals surface area contributed by atoms with Gasteiger partial charge in [-0.2, -0.15) is 0 Å². The van der Waals surface area contributed by atoms with Crippen molar-refractivity contribution < 1.29 is 0 Å². The number of fused-ring (bicyclic) bond motifs is 1. The highest BCUT2D eigenvalue weighted by atomic mass is 15.0. The summed E-state index contributed by atoms with van der Waals surface area (Å²) in [7, 11) is 0. The van der Waals surface area contributed by atoms with E-state index in [1.807, 2.05) is 18.2 Å². The maximum absolute atomic E-state index is 5.53. The molecule has 0 amide bonds. The molecule has 2 rings (SSSR count). The molecular weight excluding hydrogens is 152 g/mol. The highest BCUT2D eigenvalue weighted by Crippen LogP contribution is 2.16. The van der Waals surface area contributed by atoms with Crippen LogP contribution in [0.1, 0.15) is 5.56 Å². The lowest BCUT2D eigenvalue weighted by atomic mass is 10.2. The minimum atomic E-state index is 0.436. The number of anilines is 1. The van der Waals surface area contributed by atoms with Gasteiger partial charge < -0.3 is 16.5 Å². The fourth-order valence-corrected chi connectivity index (χ4v) is 1.28. The third-order valence-corrected chi connectivity index (χ3v) is 1.83. The van der Waals surface area contributed by atoms with E-state index in [4.69, 9.17) is 11.5 Å². The predicted octanol–water partition coefficient (Wildman–Crippen LogP) is 0.604. The Balaban J connectivity index is 2.78. The van der Waals surface area contributed by atoms with Crippen LogP contribution in [0.5, 0.6) is 0 Å². The molecule has 0 radical (unpaired) electrons. The average Bonchev–Trinajstić information content (AvgIpc) is 2.44. The molecule has 0 aliphatic rings. The van der Waals surface area contributed by atoms with Gasteiger partial charge >= 0.3 is 0 Å². The van der Waals surface area contributed by atoms with Crippen LogP contribution >= 0.6 is 0 Å². The number of nitrogens with one attached hydrogen (secondary N) is 1. The van der Waals surface area contributed by atoms with Crippen LogP contribution in [-0.4, -0.2) is 9.97 Å². The lowest BCUT2D eigenvalue weighted by Gasteiger charge is -1.95. The number of benzene rings is 1. The Bertz CT molecular complexity index is 404. The van der Waals surface area contributed by atoms with Gasteiger partial charge in [0.15, 0.2) is 5.95 Å². The molecule has 1 heterocycles. The molecule has 4 nitrogen and oxygen atoms in total. The molecular formula is C8H10N4. The number of nitrogens with zero attached hydrogens (tertiary/aromatic N) is 1. The van der Waals surface area contributed by atoms with Crippen molar-refractivity contribution in [1.82, 2.24) is 9.97 Å². The predicted molar refractivity (Wildman–Crippen MR) is 48.4 cm³/mol. The zero-order chi connectivity index (χ0) is 8.55. The van der Waals surface area contributed by atoms with Crippen LogP contribution in [-0.2, 0) is 6.54 Å². The summed E-state index contributed by atoms with van der Waals surface area (Å²) >= 11 is 0. The number of aromatic nitrogens is 2. The largest absolute Gasteiger partial charge is 0.369 e. The molecule has 1 aromatic carbocycles. The van der Waals surface area contributed by atoms with Crippen LogP contribution in [0.2, 0.25) is 0 Å². The second-order valence-corrected chi connectivity index (χ2v) is 2.64. The molecule has 2 aromatic rings. The SMILES string of the molecule is NCc1cccc2[nH]c(N)nc12. The molecule has 0 unspecified atom stereocenters. The van der Waals surface area contributed by atoms with Gasteiger partial charge in [0, 0.05) is 6.54 Å². The Hall–Kier alpha value is -1.55. The van der Waals surface area contributed by atoms with Crippen LogP contribution in [0.15, 0.2) is 18.2 Å². The van der Waals surface area contributed by atoms with Gasteiger partial charge in [-0.05, 0) is 11.6 Å². The molecule has 1 aromatic heterocycles. The summed E-state index contributed by atoms with van der Waals surface area (Å²) in [6, 6.07) is 5.81. The number of imidazole rings is 1. The first-order valence-electron chi connectivity index (χ1n) is 3.74. The van der Waals surface area contributed by atoms with Crippen LogP contribution < -0.4 is 11.5 Å². The van der Waals surface area contributed by atoms with Gasteiger partial charge in [0.2, 0.25) is 0 Å². The van der Waals surface area contributed by atoms with Crippen molar-refractivity contribution in [3.05, 3.63) is 23.8 Å². The van der Waals surface area contributed by atoms with Gasteiger partial charge in [-0.1, -0.05) is 12.1 Å². The molecule has 0 aliphatic carbocycles. The molecule has 0 atom stereocenters. The van der Waals surface area contributed by atoms with E-state index in [9.17, 15) is 0 Å². The topological polar surface area (TPSA) is 80.7 Å². The average molecular weight is 162 g/mol. The first kappa shape index (κ1) is 7.12. The highest BCUT2D eigenvalue weighted by Gasteiger charge is 2.02. The molecule has 4 heteroatoms. The third-order valence-electron chi connectivity index (χ3n) is 1.83. The standard InChI is InChI=1S/C8H10N4/c9-4-5-2-1-3-6-7(5)12-8(10)11-6/h1-3H,4,9H2,(H3,10,11,12). The van der Waals surface area contributed by atoms with Crippen LogP contribution in [0.25, 0.3) is 11.0 Å². The number of hydrogen-bond acceptors (Lipinski definition) is 3. The molecule has 0 saturated carbocycles. The Morgan fingerprint density at radius 2 is 2.25 bits per heavy atom. The molecule has 0 spiro atoms. The van der Waals surface area contributed by atoms with E-state index >= 15 is 0 Å². The van der Waals surface area contributed by atoms with Gasteiger partial charge in [-0.25, -0.2) is 4.98 Å². The molecule has 0 fully saturated rings. The summed E-state index contributed by atoms with van der Waals surface area (Å²) < 4.78 is 0. The first-order valence-corrected chi connectivity index (χ1v) is 3.74. The van der Waals surface area contributed by atoms with Crippen molar-refractivity contribution in [3.63, 3.8) is 0 Å². The van der Waals surface area contributed by atoms with Gasteiger partial charge in [0.25, 0.3) is 0 Å². The number of rotatable bonds is 1. The normalized spacial score (nSPS) is 10.8. The van der Waals surface area contributed by atoms with Crippen molar-refractivity contribution in [1.29, 1.82) is 0 Å². The number of hydrogen-bond donors (Lipinski definition) is 3. The Morgan fingerprint density at radius 3 is 3.00 bits per heavy atom. The van der Waals surface area contributed by atoms with Crippen molar-refractivity contribution in [2.75, 3.05) is 5.73 Å². The molecule has 0 aliphatic heterocycles. The van der Waals surface area contributed by atoms with E-state index in [1.54, 1.807) is 0 Å². The summed E-state index contributed by atoms with van der Waals surface area (Å²) in [5, 5.41) is 0. The van der Waals surface area contributed by atoms with Crippen LogP contribution in [0, 0.1) is 0 Å². The minimum Gasteiger partial charge on any atom is -0.369 e. The fourth-order valence-electron chi connectivity index (χ4n) is 1.28. The van der Waals surface area contributed by atoms with Crippen LogP contribution in [0.4, 0.5) is 5.95 Å². The number of H-pyrrole nitrogens is 1. The number of aromatic amines is 1. The van der Waals surface area contributed by atoms with Crippen molar-refractivity contribution in [2.24, 2.45) is 5.73 Å².